The lowest BCUT2D eigenvalue weighted by molar-refractivity contribution is -0.135. The van der Waals surface area contributed by atoms with Gasteiger partial charge in [-0.15, -0.1) is 0 Å². The molecular formula is C20H30O2. The highest BCUT2D eigenvalue weighted by Gasteiger charge is 2.62. The molecule has 0 aliphatic heterocycles. The zero-order chi connectivity index (χ0) is 15.8. The maximum Gasteiger partial charge on any atom is 0.331 e. The Kier molecular flexibility index (Phi) is 2.95. The monoisotopic (exact) mass is 302 g/mol. The second-order valence-electron chi connectivity index (χ2n) is 9.61. The molecule has 0 aromatic rings. The molecule has 0 radical (unpaired) electrons. The molecule has 4 aliphatic carbocycles. The van der Waals surface area contributed by atoms with Gasteiger partial charge < -0.3 is 5.11 Å². The molecule has 3 fully saturated rings. The van der Waals surface area contributed by atoms with Crippen LogP contribution in [0.5, 0.6) is 0 Å². The van der Waals surface area contributed by atoms with Crippen molar-refractivity contribution in [1.82, 2.24) is 0 Å². The highest BCUT2D eigenvalue weighted by atomic mass is 16.4. The van der Waals surface area contributed by atoms with Crippen LogP contribution >= 0.6 is 0 Å². The summed E-state index contributed by atoms with van der Waals surface area (Å²) in [6.45, 7) is 7.51. The first kappa shape index (κ1) is 14.8. The van der Waals surface area contributed by atoms with E-state index in [1.54, 1.807) is 0 Å². The van der Waals surface area contributed by atoms with Gasteiger partial charge in [-0.25, -0.2) is 4.79 Å². The number of rotatable bonds is 1. The van der Waals surface area contributed by atoms with Crippen LogP contribution in [0.25, 0.3) is 0 Å². The molecule has 2 nitrogen and oxygen atoms in total. The van der Waals surface area contributed by atoms with E-state index in [2.05, 4.69) is 26.8 Å². The Morgan fingerprint density at radius 1 is 1.09 bits per heavy atom. The Hall–Kier alpha value is -0.790. The van der Waals surface area contributed by atoms with Crippen LogP contribution in [0.15, 0.2) is 11.6 Å². The van der Waals surface area contributed by atoms with Crippen LogP contribution in [0.1, 0.15) is 72.1 Å². The number of carboxylic acid groups (broad SMARTS) is 1. The van der Waals surface area contributed by atoms with Crippen LogP contribution in [0.4, 0.5) is 0 Å². The highest BCUT2D eigenvalue weighted by Crippen LogP contribution is 2.70. The maximum atomic E-state index is 11.6. The van der Waals surface area contributed by atoms with Crippen molar-refractivity contribution in [2.75, 3.05) is 0 Å². The third-order valence-electron chi connectivity index (χ3n) is 8.22. The van der Waals surface area contributed by atoms with Gasteiger partial charge >= 0.3 is 5.97 Å². The van der Waals surface area contributed by atoms with Crippen molar-refractivity contribution in [2.45, 2.75) is 72.1 Å². The summed E-state index contributed by atoms with van der Waals surface area (Å²) in [5.74, 6) is 1.22. The van der Waals surface area contributed by atoms with E-state index < -0.39 is 5.97 Å². The van der Waals surface area contributed by atoms with Crippen molar-refractivity contribution in [1.29, 1.82) is 0 Å². The van der Waals surface area contributed by atoms with E-state index in [1.807, 2.05) is 0 Å². The molecule has 3 saturated carbocycles. The third kappa shape index (κ3) is 1.76. The Labute approximate surface area is 134 Å². The van der Waals surface area contributed by atoms with Gasteiger partial charge in [0.1, 0.15) is 0 Å². The molecular weight excluding hydrogens is 272 g/mol. The molecule has 22 heavy (non-hydrogen) atoms. The number of fused-ring (bicyclic) bond motifs is 3. The van der Waals surface area contributed by atoms with E-state index in [0.29, 0.717) is 22.7 Å². The highest BCUT2D eigenvalue weighted by molar-refractivity contribution is 5.88. The first-order valence-corrected chi connectivity index (χ1v) is 9.25. The van der Waals surface area contributed by atoms with E-state index in [-0.39, 0.29) is 5.41 Å². The number of hydrogen-bond donors (Lipinski definition) is 1. The minimum atomic E-state index is -0.654. The average Bonchev–Trinajstić information content (AvgIpc) is 2.69. The van der Waals surface area contributed by atoms with Gasteiger partial charge in [-0.05, 0) is 78.9 Å². The number of carboxylic acids is 1. The molecule has 0 heterocycles. The minimum absolute atomic E-state index is 0.218. The van der Waals surface area contributed by atoms with Crippen LogP contribution in [-0.4, -0.2) is 11.1 Å². The number of carbonyl (C=O) groups is 1. The second-order valence-corrected chi connectivity index (χ2v) is 9.61. The molecule has 5 atom stereocenters. The van der Waals surface area contributed by atoms with Gasteiger partial charge in [-0.3, -0.25) is 0 Å². The lowest BCUT2D eigenvalue weighted by Gasteiger charge is -2.63. The summed E-state index contributed by atoms with van der Waals surface area (Å²) >= 11 is 0. The molecule has 2 bridgehead atoms. The molecule has 0 aromatic heterocycles. The first-order chi connectivity index (χ1) is 10.3. The largest absolute Gasteiger partial charge is 0.478 e. The van der Waals surface area contributed by atoms with E-state index in [0.717, 1.165) is 24.3 Å². The van der Waals surface area contributed by atoms with Gasteiger partial charge in [0.2, 0.25) is 0 Å². The number of aliphatic carboxylic acids is 1. The van der Waals surface area contributed by atoms with Gasteiger partial charge in [0.05, 0.1) is 0 Å². The smallest absolute Gasteiger partial charge is 0.331 e. The molecule has 5 unspecified atom stereocenters. The molecule has 1 spiro atoms. The Balaban J connectivity index is 1.76. The fourth-order valence-electron chi connectivity index (χ4n) is 7.50. The first-order valence-electron chi connectivity index (χ1n) is 9.25. The van der Waals surface area contributed by atoms with Crippen LogP contribution in [0, 0.1) is 34.0 Å². The van der Waals surface area contributed by atoms with Crippen LogP contribution in [0.2, 0.25) is 0 Å². The van der Waals surface area contributed by atoms with E-state index >= 15 is 0 Å². The molecule has 0 saturated heterocycles. The quantitative estimate of drug-likeness (QED) is 0.736. The predicted molar refractivity (Wildman–Crippen MR) is 87.4 cm³/mol. The van der Waals surface area contributed by atoms with E-state index in [9.17, 15) is 9.90 Å². The van der Waals surface area contributed by atoms with Gasteiger partial charge in [0.25, 0.3) is 0 Å². The molecule has 2 heteroatoms. The van der Waals surface area contributed by atoms with Crippen molar-refractivity contribution in [2.24, 2.45) is 34.0 Å². The summed E-state index contributed by atoms with van der Waals surface area (Å²) in [4.78, 5) is 11.6. The summed E-state index contributed by atoms with van der Waals surface area (Å²) in [5, 5.41) is 9.56. The lowest BCUT2D eigenvalue weighted by atomic mass is 9.41. The molecule has 4 aliphatic rings. The average molecular weight is 302 g/mol. The van der Waals surface area contributed by atoms with Crippen LogP contribution < -0.4 is 0 Å². The summed E-state index contributed by atoms with van der Waals surface area (Å²) in [6.07, 6.45) is 12.3. The predicted octanol–water partition coefficient (Wildman–Crippen LogP) is 5.04. The minimum Gasteiger partial charge on any atom is -0.478 e. The van der Waals surface area contributed by atoms with Gasteiger partial charge in [0.15, 0.2) is 0 Å². The van der Waals surface area contributed by atoms with E-state index in [4.69, 9.17) is 0 Å². The SMILES string of the molecule is CC1(C)CCCC2(C)C1CCC13C=C(C(=O)O)C(CCC12)C3. The lowest BCUT2D eigenvalue weighted by Crippen LogP contribution is -2.55. The third-order valence-corrected chi connectivity index (χ3v) is 8.22. The zero-order valence-electron chi connectivity index (χ0n) is 14.3. The van der Waals surface area contributed by atoms with Crippen molar-refractivity contribution < 1.29 is 9.90 Å². The molecule has 0 amide bonds. The van der Waals surface area contributed by atoms with Crippen LogP contribution in [0.3, 0.4) is 0 Å². The van der Waals surface area contributed by atoms with Gasteiger partial charge in [-0.2, -0.15) is 0 Å². The fraction of sp³-hybridized carbons (Fsp3) is 0.850. The molecule has 122 valence electrons. The van der Waals surface area contributed by atoms with Crippen molar-refractivity contribution in [3.63, 3.8) is 0 Å². The summed E-state index contributed by atoms with van der Waals surface area (Å²) in [6, 6.07) is 0. The summed E-state index contributed by atoms with van der Waals surface area (Å²) in [7, 11) is 0. The standard InChI is InChI=1S/C20H30O2/c1-18(2)8-4-9-19(3)15(18)7-10-20-11-13(5-6-16(19)20)14(12-20)17(21)22/h12-13,15-16H,4-11H2,1-3H3,(H,21,22). The van der Waals surface area contributed by atoms with Crippen molar-refractivity contribution >= 4 is 5.97 Å². The van der Waals surface area contributed by atoms with Crippen molar-refractivity contribution in [3.8, 4) is 0 Å². The van der Waals surface area contributed by atoms with Crippen LogP contribution in [-0.2, 0) is 4.79 Å². The van der Waals surface area contributed by atoms with Crippen molar-refractivity contribution in [3.05, 3.63) is 11.6 Å². The Morgan fingerprint density at radius 3 is 2.59 bits per heavy atom. The number of allylic oxidation sites excluding steroid dienone is 1. The number of hydrogen-bond acceptors (Lipinski definition) is 1. The molecule has 0 aromatic carbocycles. The Bertz CT molecular complexity index is 546. The van der Waals surface area contributed by atoms with E-state index in [1.165, 1.54) is 38.5 Å². The summed E-state index contributed by atoms with van der Waals surface area (Å²) in [5.41, 5.74) is 1.85. The van der Waals surface area contributed by atoms with Gasteiger partial charge in [-0.1, -0.05) is 33.3 Å². The fourth-order valence-corrected chi connectivity index (χ4v) is 7.50. The topological polar surface area (TPSA) is 37.3 Å². The second kappa shape index (κ2) is 4.39. The normalized spacial score (nSPS) is 49.0. The van der Waals surface area contributed by atoms with Gasteiger partial charge in [0, 0.05) is 5.57 Å². The molecule has 4 rings (SSSR count). The molecule has 1 N–H and O–H groups in total. The maximum absolute atomic E-state index is 11.6. The summed E-state index contributed by atoms with van der Waals surface area (Å²) < 4.78 is 0. The Morgan fingerprint density at radius 2 is 1.86 bits per heavy atom. The zero-order valence-corrected chi connectivity index (χ0v) is 14.3.